The van der Waals surface area contributed by atoms with Crippen LogP contribution < -0.4 is 4.90 Å². The van der Waals surface area contributed by atoms with Crippen LogP contribution in [0, 0.1) is 0 Å². The van der Waals surface area contributed by atoms with Crippen molar-refractivity contribution in [2.45, 2.75) is 0 Å². The minimum atomic E-state index is 0.844. The van der Waals surface area contributed by atoms with E-state index in [1.165, 1.54) is 33.0 Å². The molecule has 10 aromatic rings. The third kappa shape index (κ3) is 5.34. The van der Waals surface area contributed by atoms with Gasteiger partial charge in [-0.05, 0) is 87.6 Å². The van der Waals surface area contributed by atoms with Gasteiger partial charge >= 0.3 is 0 Å². The topological polar surface area (TPSA) is 29.3 Å². The van der Waals surface area contributed by atoms with Crippen molar-refractivity contribution in [2.24, 2.45) is 0 Å². The molecule has 0 amide bonds. The molecular formula is C47H30N2OS. The largest absolute Gasteiger partial charge is 0.456 e. The van der Waals surface area contributed by atoms with E-state index in [2.05, 4.69) is 187 Å². The standard InChI is InChI=1S/C47H30N2OS/c1-3-9-31(10-4-1)34-17-21-38(22-18-34)49(39-23-19-35(20-24-39)32-11-5-2-6-12-32)40-25-26-44-41(28-40)42-29-46-43(30-45(42)50-44)48-47(51-46)37-16-15-33-13-7-8-14-36(33)27-37/h1-30H. The van der Waals surface area contributed by atoms with Gasteiger partial charge in [0, 0.05) is 39.5 Å². The Labute approximate surface area is 299 Å². The van der Waals surface area contributed by atoms with Crippen LogP contribution in [0.1, 0.15) is 0 Å². The van der Waals surface area contributed by atoms with Gasteiger partial charge in [-0.15, -0.1) is 11.3 Å². The highest BCUT2D eigenvalue weighted by molar-refractivity contribution is 7.21. The number of fused-ring (bicyclic) bond motifs is 5. The number of thiazole rings is 1. The van der Waals surface area contributed by atoms with Gasteiger partial charge in [-0.3, -0.25) is 0 Å². The van der Waals surface area contributed by atoms with Crippen LogP contribution in [0.25, 0.3) is 75.8 Å². The molecule has 2 aromatic heterocycles. The molecule has 0 fully saturated rings. The molecule has 240 valence electrons. The number of hydrogen-bond donors (Lipinski definition) is 0. The fourth-order valence-electron chi connectivity index (χ4n) is 7.08. The minimum absolute atomic E-state index is 0.844. The van der Waals surface area contributed by atoms with Crippen LogP contribution in [0.5, 0.6) is 0 Å². The van der Waals surface area contributed by atoms with Crippen LogP contribution in [-0.4, -0.2) is 4.98 Å². The molecule has 0 aliphatic heterocycles. The number of nitrogens with zero attached hydrogens (tertiary/aromatic N) is 2. The molecule has 8 aromatic carbocycles. The summed E-state index contributed by atoms with van der Waals surface area (Å²) in [6, 6.07) is 64.6. The van der Waals surface area contributed by atoms with Gasteiger partial charge in [0.2, 0.25) is 0 Å². The number of anilines is 3. The third-order valence-corrected chi connectivity index (χ3v) is 10.8. The van der Waals surface area contributed by atoms with E-state index in [-0.39, 0.29) is 0 Å². The first-order chi connectivity index (χ1) is 25.2. The molecule has 0 N–H and O–H groups in total. The maximum atomic E-state index is 6.45. The molecular weight excluding hydrogens is 641 g/mol. The molecule has 0 bridgehead atoms. The molecule has 3 nitrogen and oxygen atoms in total. The average Bonchev–Trinajstić information content (AvgIpc) is 3.78. The highest BCUT2D eigenvalue weighted by Gasteiger charge is 2.18. The van der Waals surface area contributed by atoms with Crippen molar-refractivity contribution < 1.29 is 4.42 Å². The lowest BCUT2D eigenvalue weighted by Crippen LogP contribution is -2.09. The van der Waals surface area contributed by atoms with Gasteiger partial charge in [-0.2, -0.15) is 0 Å². The SMILES string of the molecule is c1ccc(-c2ccc(N(c3ccc(-c4ccccc4)cc3)c3ccc4oc5cc6nc(-c7ccc8ccccc8c7)sc6cc5c4c3)cc2)cc1. The van der Waals surface area contributed by atoms with Crippen molar-refractivity contribution in [2.75, 3.05) is 4.90 Å². The van der Waals surface area contributed by atoms with Crippen molar-refractivity contribution in [1.82, 2.24) is 4.98 Å². The van der Waals surface area contributed by atoms with Gasteiger partial charge in [0.15, 0.2) is 0 Å². The first-order valence-corrected chi connectivity index (χ1v) is 17.9. The molecule has 0 radical (unpaired) electrons. The van der Waals surface area contributed by atoms with E-state index in [0.29, 0.717) is 0 Å². The Morgan fingerprint density at radius 1 is 0.412 bits per heavy atom. The molecule has 0 unspecified atom stereocenters. The number of hydrogen-bond acceptors (Lipinski definition) is 4. The zero-order chi connectivity index (χ0) is 33.7. The summed E-state index contributed by atoms with van der Waals surface area (Å²) in [6.45, 7) is 0. The molecule has 2 heterocycles. The fourth-order valence-corrected chi connectivity index (χ4v) is 8.07. The molecule has 0 atom stereocenters. The van der Waals surface area contributed by atoms with Crippen molar-refractivity contribution in [1.29, 1.82) is 0 Å². The van der Waals surface area contributed by atoms with Crippen molar-refractivity contribution >= 4 is 71.3 Å². The van der Waals surface area contributed by atoms with Crippen molar-refractivity contribution in [3.63, 3.8) is 0 Å². The molecule has 0 spiro atoms. The maximum absolute atomic E-state index is 6.45. The third-order valence-electron chi connectivity index (χ3n) is 9.68. The zero-order valence-electron chi connectivity index (χ0n) is 27.5. The smallest absolute Gasteiger partial charge is 0.137 e. The zero-order valence-corrected chi connectivity index (χ0v) is 28.3. The second-order valence-electron chi connectivity index (χ2n) is 12.8. The molecule has 0 saturated carbocycles. The Morgan fingerprint density at radius 3 is 1.63 bits per heavy atom. The highest BCUT2D eigenvalue weighted by Crippen LogP contribution is 2.42. The van der Waals surface area contributed by atoms with Gasteiger partial charge in [0.1, 0.15) is 16.2 Å². The lowest BCUT2D eigenvalue weighted by molar-refractivity contribution is 0.669. The summed E-state index contributed by atoms with van der Waals surface area (Å²) < 4.78 is 7.60. The summed E-state index contributed by atoms with van der Waals surface area (Å²) in [5, 5.41) is 5.63. The summed E-state index contributed by atoms with van der Waals surface area (Å²) >= 11 is 1.73. The highest BCUT2D eigenvalue weighted by atomic mass is 32.1. The van der Waals surface area contributed by atoms with E-state index in [9.17, 15) is 0 Å². The number of aromatic nitrogens is 1. The molecule has 0 aliphatic carbocycles. The van der Waals surface area contributed by atoms with Gasteiger partial charge in [0.25, 0.3) is 0 Å². The predicted octanol–water partition coefficient (Wildman–Crippen LogP) is 13.8. The van der Waals surface area contributed by atoms with Crippen LogP contribution in [0.4, 0.5) is 17.1 Å². The summed E-state index contributed by atoms with van der Waals surface area (Å²) in [5.41, 5.74) is 11.8. The Balaban J connectivity index is 1.08. The summed E-state index contributed by atoms with van der Waals surface area (Å²) in [5.74, 6) is 0. The van der Waals surface area contributed by atoms with E-state index in [0.717, 1.165) is 59.8 Å². The summed E-state index contributed by atoms with van der Waals surface area (Å²) in [6.07, 6.45) is 0. The lowest BCUT2D eigenvalue weighted by atomic mass is 10.0. The Kier molecular flexibility index (Phi) is 7.00. The van der Waals surface area contributed by atoms with E-state index >= 15 is 0 Å². The van der Waals surface area contributed by atoms with Gasteiger partial charge in [-0.1, -0.05) is 121 Å². The summed E-state index contributed by atoms with van der Waals surface area (Å²) in [7, 11) is 0. The van der Waals surface area contributed by atoms with Gasteiger partial charge in [-0.25, -0.2) is 4.98 Å². The first kappa shape index (κ1) is 29.4. The van der Waals surface area contributed by atoms with Gasteiger partial charge < -0.3 is 9.32 Å². The fraction of sp³-hybridized carbons (Fsp3) is 0. The Hall–Kier alpha value is -6.49. The Morgan fingerprint density at radius 2 is 0.961 bits per heavy atom. The van der Waals surface area contributed by atoms with Crippen LogP contribution in [0.15, 0.2) is 186 Å². The van der Waals surface area contributed by atoms with E-state index in [1.807, 2.05) is 0 Å². The predicted molar refractivity (Wildman–Crippen MR) is 215 cm³/mol. The van der Waals surface area contributed by atoms with Crippen LogP contribution in [0.3, 0.4) is 0 Å². The minimum Gasteiger partial charge on any atom is -0.456 e. The van der Waals surface area contributed by atoms with E-state index < -0.39 is 0 Å². The number of rotatable bonds is 6. The second-order valence-corrected chi connectivity index (χ2v) is 13.9. The monoisotopic (exact) mass is 670 g/mol. The lowest BCUT2D eigenvalue weighted by Gasteiger charge is -2.26. The number of furan rings is 1. The second kappa shape index (κ2) is 12.1. The Bertz CT molecular complexity index is 2750. The van der Waals surface area contributed by atoms with Crippen LogP contribution >= 0.6 is 11.3 Å². The van der Waals surface area contributed by atoms with Crippen molar-refractivity contribution in [3.8, 4) is 32.8 Å². The molecule has 0 saturated heterocycles. The summed E-state index contributed by atoms with van der Waals surface area (Å²) in [4.78, 5) is 7.37. The van der Waals surface area contributed by atoms with E-state index in [1.54, 1.807) is 11.3 Å². The van der Waals surface area contributed by atoms with Crippen molar-refractivity contribution in [3.05, 3.63) is 182 Å². The quantitative estimate of drug-likeness (QED) is 0.176. The van der Waals surface area contributed by atoms with Crippen LogP contribution in [-0.2, 0) is 0 Å². The first-order valence-electron chi connectivity index (χ1n) is 17.1. The average molecular weight is 671 g/mol. The normalized spacial score (nSPS) is 11.5. The number of benzene rings is 8. The molecule has 4 heteroatoms. The molecule has 0 aliphatic rings. The van der Waals surface area contributed by atoms with Gasteiger partial charge in [0.05, 0.1) is 10.2 Å². The maximum Gasteiger partial charge on any atom is 0.137 e. The molecule has 51 heavy (non-hydrogen) atoms. The molecule has 10 rings (SSSR count). The van der Waals surface area contributed by atoms with E-state index in [4.69, 9.17) is 9.40 Å². The van der Waals surface area contributed by atoms with Crippen LogP contribution in [0.2, 0.25) is 0 Å².